The van der Waals surface area contributed by atoms with Crippen LogP contribution in [0.5, 0.6) is 0 Å². The molecule has 0 amide bonds. The number of hydrogen-bond donors (Lipinski definition) is 0. The fourth-order valence-corrected chi connectivity index (χ4v) is 5.51. The van der Waals surface area contributed by atoms with E-state index in [1.807, 2.05) is 32.4 Å². The molecule has 1 unspecified atom stereocenters. The van der Waals surface area contributed by atoms with Crippen molar-refractivity contribution in [3.8, 4) is 0 Å². The molecule has 0 radical (unpaired) electrons. The highest BCUT2D eigenvalue weighted by molar-refractivity contribution is 7.44. The van der Waals surface area contributed by atoms with Crippen LogP contribution in [-0.4, -0.2) is 33.7 Å². The van der Waals surface area contributed by atoms with Gasteiger partial charge in [-0.1, -0.05) is 37.4 Å². The first kappa shape index (κ1) is 29.6. The number of para-hydroxylation sites is 2. The lowest BCUT2D eigenvalue weighted by Gasteiger charge is -2.37. The maximum Gasteiger partial charge on any atom is 0.322 e. The molecule has 0 aromatic heterocycles. The highest BCUT2D eigenvalue weighted by Gasteiger charge is 2.37. The predicted octanol–water partition coefficient (Wildman–Crippen LogP) is 7.20. The summed E-state index contributed by atoms with van der Waals surface area (Å²) in [6, 6.07) is 11.9. The summed E-state index contributed by atoms with van der Waals surface area (Å²) < 4.78 is 20.1. The summed E-state index contributed by atoms with van der Waals surface area (Å²) in [5.74, 6) is 0.560. The number of rotatable bonds is 14. The Kier molecular flexibility index (Phi) is 10.9. The van der Waals surface area contributed by atoms with Gasteiger partial charge in [-0.2, -0.15) is 0 Å². The summed E-state index contributed by atoms with van der Waals surface area (Å²) in [5.41, 5.74) is -0.149. The van der Waals surface area contributed by atoms with E-state index in [9.17, 15) is 20.2 Å². The van der Waals surface area contributed by atoms with Gasteiger partial charge < -0.3 is 9.26 Å². The van der Waals surface area contributed by atoms with Crippen molar-refractivity contribution in [1.29, 1.82) is 0 Å². The molecule has 0 saturated carbocycles. The average molecular weight is 530 g/mol. The summed E-state index contributed by atoms with van der Waals surface area (Å²) in [4.78, 5) is 22.8. The van der Waals surface area contributed by atoms with E-state index < -0.39 is 24.5 Å². The normalized spacial score (nSPS) is 12.9. The molecular weight excluding hydrogens is 497 g/mol. The largest absolute Gasteiger partial charge is 0.493 e. The van der Waals surface area contributed by atoms with Gasteiger partial charge >= 0.3 is 8.53 Å². The van der Waals surface area contributed by atoms with Gasteiger partial charge in [-0.3, -0.25) is 24.8 Å². The molecule has 198 valence electrons. The number of ether oxygens (including phenoxy) is 1. The number of allylic oxidation sites excluding steroid dienone is 2. The molecule has 0 aliphatic rings. The second kappa shape index (κ2) is 13.6. The Morgan fingerprint density at radius 3 is 1.65 bits per heavy atom. The van der Waals surface area contributed by atoms with Crippen LogP contribution in [0.15, 0.2) is 85.4 Å². The first-order valence-electron chi connectivity index (χ1n) is 11.5. The first-order valence-corrected chi connectivity index (χ1v) is 12.6. The van der Waals surface area contributed by atoms with E-state index in [2.05, 4.69) is 13.2 Å². The van der Waals surface area contributed by atoms with Gasteiger partial charge in [-0.05, 0) is 52.0 Å². The Labute approximate surface area is 218 Å². The van der Waals surface area contributed by atoms with E-state index in [-0.39, 0.29) is 40.3 Å². The van der Waals surface area contributed by atoms with Crippen molar-refractivity contribution in [1.82, 2.24) is 4.67 Å². The Morgan fingerprint density at radius 2 is 1.30 bits per heavy atom. The lowest BCUT2D eigenvalue weighted by atomic mass is 9.98. The summed E-state index contributed by atoms with van der Waals surface area (Å²) >= 11 is 0. The molecule has 0 spiro atoms. The molecule has 2 aromatic rings. The summed E-state index contributed by atoms with van der Waals surface area (Å²) in [7, 11) is -0.553. The number of nitro benzene ring substituents is 2. The van der Waals surface area contributed by atoms with Gasteiger partial charge in [0.1, 0.15) is 6.10 Å². The molecule has 11 heteroatoms. The zero-order valence-corrected chi connectivity index (χ0v) is 22.5. The van der Waals surface area contributed by atoms with E-state index in [1.54, 1.807) is 12.1 Å². The third-order valence-corrected chi connectivity index (χ3v) is 7.33. The molecule has 0 aliphatic carbocycles. The molecule has 2 rings (SSSR count). The van der Waals surface area contributed by atoms with Crippen LogP contribution >= 0.6 is 8.53 Å². The van der Waals surface area contributed by atoms with Crippen molar-refractivity contribution in [3.63, 3.8) is 0 Å². The van der Waals surface area contributed by atoms with Gasteiger partial charge in [0.05, 0.1) is 28.1 Å². The summed E-state index contributed by atoms with van der Waals surface area (Å²) in [5, 5.41) is 23.9. The third kappa shape index (κ3) is 7.22. The molecule has 2 aromatic carbocycles. The third-order valence-electron chi connectivity index (χ3n) is 5.28. The minimum atomic E-state index is -2.01. The second-order valence-corrected chi connectivity index (χ2v) is 9.69. The van der Waals surface area contributed by atoms with Crippen LogP contribution in [0, 0.1) is 20.2 Å². The lowest BCUT2D eigenvalue weighted by molar-refractivity contribution is -0.387. The van der Waals surface area contributed by atoms with Crippen LogP contribution in [0.25, 0.3) is 0 Å². The number of methoxy groups -OCH3 is 1. The summed E-state index contributed by atoms with van der Waals surface area (Å²) in [6.45, 7) is 15.3. The SMILES string of the molecule is C=C/C(OC)=C(\C=C)OP(OC(c1ccccc1[N+](=O)[O-])c1ccccc1[N+](=O)[O-])N(C(C)C)C(C)C. The Bertz CT molecular complexity index is 1100. The second-order valence-electron chi connectivity index (χ2n) is 8.35. The topological polar surface area (TPSA) is 117 Å². The molecule has 0 fully saturated rings. The molecule has 0 saturated heterocycles. The Balaban J connectivity index is 2.82. The number of nitrogens with zero attached hydrogens (tertiary/aromatic N) is 3. The smallest absolute Gasteiger partial charge is 0.322 e. The zero-order valence-electron chi connectivity index (χ0n) is 21.6. The molecule has 37 heavy (non-hydrogen) atoms. The van der Waals surface area contributed by atoms with Crippen molar-refractivity contribution in [2.24, 2.45) is 0 Å². The molecule has 0 aliphatic heterocycles. The molecular formula is C26H32N3O7P. The maximum atomic E-state index is 11.9. The van der Waals surface area contributed by atoms with Gasteiger partial charge in [0.25, 0.3) is 11.4 Å². The van der Waals surface area contributed by atoms with E-state index >= 15 is 0 Å². The van der Waals surface area contributed by atoms with Crippen LogP contribution in [0.4, 0.5) is 11.4 Å². The van der Waals surface area contributed by atoms with Gasteiger partial charge in [-0.25, -0.2) is 4.67 Å². The zero-order chi connectivity index (χ0) is 27.7. The van der Waals surface area contributed by atoms with Crippen molar-refractivity contribution < 1.29 is 23.6 Å². The summed E-state index contributed by atoms with van der Waals surface area (Å²) in [6.07, 6.45) is 1.71. The highest BCUT2D eigenvalue weighted by Crippen LogP contribution is 2.54. The Morgan fingerprint density at radius 1 is 0.865 bits per heavy atom. The van der Waals surface area contributed by atoms with E-state index in [0.29, 0.717) is 5.76 Å². The van der Waals surface area contributed by atoms with Crippen molar-refractivity contribution in [2.75, 3.05) is 7.11 Å². The van der Waals surface area contributed by atoms with Crippen LogP contribution in [0.2, 0.25) is 0 Å². The number of hydrogen-bond acceptors (Lipinski definition) is 8. The fourth-order valence-electron chi connectivity index (χ4n) is 3.77. The van der Waals surface area contributed by atoms with E-state index in [4.69, 9.17) is 13.8 Å². The molecule has 10 nitrogen and oxygen atoms in total. The van der Waals surface area contributed by atoms with E-state index in [1.165, 1.54) is 55.7 Å². The quantitative estimate of drug-likeness (QED) is 0.0829. The van der Waals surface area contributed by atoms with Gasteiger partial charge in [-0.15, -0.1) is 0 Å². The highest BCUT2D eigenvalue weighted by atomic mass is 31.2. The number of benzene rings is 2. The minimum absolute atomic E-state index is 0.0796. The predicted molar refractivity (Wildman–Crippen MR) is 144 cm³/mol. The standard InChI is InChI=1S/C26H32N3O7P/c1-8-24(34-7)25(9-2)35-37(27(18(3)4)19(5)6)36-26(20-14-10-12-16-22(20)28(30)31)21-15-11-13-17-23(21)29(32)33/h8-19,26H,1-2H2,3-7H3/b25-24-. The van der Waals surface area contributed by atoms with Gasteiger partial charge in [0, 0.05) is 24.2 Å². The molecule has 0 bridgehead atoms. The molecule has 0 heterocycles. The monoisotopic (exact) mass is 529 g/mol. The maximum absolute atomic E-state index is 11.9. The first-order chi connectivity index (χ1) is 17.6. The van der Waals surface area contributed by atoms with Crippen molar-refractivity contribution >= 4 is 19.9 Å². The fraction of sp³-hybridized carbons (Fsp3) is 0.308. The van der Waals surface area contributed by atoms with Crippen LogP contribution in [0.1, 0.15) is 44.9 Å². The Hall–Kier alpha value is -3.59. The molecule has 0 N–H and O–H groups in total. The number of nitro groups is 2. The van der Waals surface area contributed by atoms with Crippen LogP contribution in [0.3, 0.4) is 0 Å². The van der Waals surface area contributed by atoms with Crippen LogP contribution < -0.4 is 0 Å². The van der Waals surface area contributed by atoms with Crippen molar-refractivity contribution in [3.05, 3.63) is 117 Å². The van der Waals surface area contributed by atoms with Gasteiger partial charge in [0.2, 0.25) is 0 Å². The van der Waals surface area contributed by atoms with Crippen molar-refractivity contribution in [2.45, 2.75) is 45.9 Å². The minimum Gasteiger partial charge on any atom is -0.493 e. The van der Waals surface area contributed by atoms with Crippen LogP contribution in [-0.2, 0) is 13.8 Å². The lowest BCUT2D eigenvalue weighted by Crippen LogP contribution is -2.34. The van der Waals surface area contributed by atoms with Gasteiger partial charge in [0.15, 0.2) is 11.5 Å². The molecule has 1 atom stereocenters. The van der Waals surface area contributed by atoms with E-state index in [0.717, 1.165) is 0 Å². The average Bonchev–Trinajstić information content (AvgIpc) is 2.86.